The minimum atomic E-state index is -1.38. The molecule has 13 atom stereocenters. The molecule has 0 N–H and O–H groups in total. The van der Waals surface area contributed by atoms with Crippen LogP contribution in [0.5, 0.6) is 0 Å². The quantitative estimate of drug-likeness (QED) is 0.195. The maximum atomic E-state index is 16.3. The monoisotopic (exact) mass is 756 g/mol. The average Bonchev–Trinajstić information content (AvgIpc) is 2.34. The van der Waals surface area contributed by atoms with Crippen molar-refractivity contribution in [2.45, 2.75) is 0 Å². The van der Waals surface area contributed by atoms with Gasteiger partial charge in [0, 0.05) is 14.0 Å². The van der Waals surface area contributed by atoms with Crippen LogP contribution < -0.4 is 0 Å². The van der Waals surface area contributed by atoms with E-state index in [0.717, 1.165) is 0 Å². The number of hydrogen-bond donors (Lipinski definition) is 0. The van der Waals surface area contributed by atoms with Gasteiger partial charge in [0.25, 0.3) is 0 Å². The van der Waals surface area contributed by atoms with Crippen LogP contribution >= 0.6 is 185 Å². The first kappa shape index (κ1) is 33.8. The van der Waals surface area contributed by atoms with E-state index in [0.29, 0.717) is 0 Å². The summed E-state index contributed by atoms with van der Waals surface area (Å²) in [4.78, 5) is 0. The van der Waals surface area contributed by atoms with Crippen LogP contribution in [0, 0.1) is 0 Å². The van der Waals surface area contributed by atoms with Crippen LogP contribution in [0.2, 0.25) is 0 Å². The van der Waals surface area contributed by atoms with E-state index in [2.05, 4.69) is 107 Å². The Kier molecular flexibility index (Phi) is 25.5. The Hall–Kier alpha value is 9.82. The zero-order chi connectivity index (χ0) is 19.4. The summed E-state index contributed by atoms with van der Waals surface area (Å²) in [6, 6.07) is 0. The fourth-order valence-corrected chi connectivity index (χ4v) is 263. The lowest BCUT2D eigenvalue weighted by atomic mass is 18.9. The van der Waals surface area contributed by atoms with Gasteiger partial charge in [0.05, 0.1) is 0 Å². The summed E-state index contributed by atoms with van der Waals surface area (Å²) in [6.45, 7) is -3.22. The molecule has 146 valence electrons. The number of rotatable bonds is 10. The fraction of sp³-hybridized carbons (Fsp3) is 0. The molecule has 0 saturated carbocycles. The lowest BCUT2D eigenvalue weighted by molar-refractivity contribution is 0.931. The van der Waals surface area contributed by atoms with Crippen molar-refractivity contribution >= 4 is 185 Å². The van der Waals surface area contributed by atoms with E-state index in [1.54, 1.807) is 0 Å². The summed E-state index contributed by atoms with van der Waals surface area (Å²) in [7, 11) is 34.8. The van der Waals surface area contributed by atoms with Crippen molar-refractivity contribution in [2.24, 2.45) is 0 Å². The molecule has 24 heavy (non-hydrogen) atoms. The predicted molar refractivity (Wildman–Crippen MR) is 194 cm³/mol. The van der Waals surface area contributed by atoms with Gasteiger partial charge < -0.3 is 0 Å². The lowest BCUT2D eigenvalue weighted by Gasteiger charge is -2.45. The molecule has 0 bridgehead atoms. The second-order valence-electron chi connectivity index (χ2n) is 3.59. The highest BCUT2D eigenvalue weighted by atomic mass is 33.4. The van der Waals surface area contributed by atoms with Crippen molar-refractivity contribution in [2.75, 3.05) is 0 Å². The first-order chi connectivity index (χ1) is 10.8. The summed E-state index contributed by atoms with van der Waals surface area (Å²) in [5, 5.41) is 0. The molecule has 24 heteroatoms. The summed E-state index contributed by atoms with van der Waals surface area (Å²) >= 11 is 0. The summed E-state index contributed by atoms with van der Waals surface area (Å²) in [6.07, 6.45) is 0. The van der Waals surface area contributed by atoms with Crippen LogP contribution in [0.1, 0.15) is 0 Å². The molecule has 0 amide bonds. The van der Waals surface area contributed by atoms with Crippen molar-refractivity contribution in [3.63, 3.8) is 0 Å². The molecule has 0 spiro atoms. The van der Waals surface area contributed by atoms with Gasteiger partial charge in [0.2, 0.25) is 0 Å². The molecular weight excluding hydrogens is 731 g/mol. The van der Waals surface area contributed by atoms with E-state index < -0.39 is 21.6 Å². The van der Waals surface area contributed by atoms with Gasteiger partial charge in [0.1, 0.15) is 7.61 Å². The normalized spacial score (nSPS) is 15.1. The van der Waals surface area contributed by atoms with Gasteiger partial charge in [-0.3, -0.25) is 0 Å². The first-order valence-corrected chi connectivity index (χ1v) is 46.4. The molecule has 0 aliphatic heterocycles. The van der Waals surface area contributed by atoms with Gasteiger partial charge in [-0.05, 0) is 55.9 Å². The molecule has 0 heterocycles. The molecule has 0 rings (SSSR count). The minimum absolute atomic E-state index is 0.233. The zero-order valence-electron chi connectivity index (χ0n) is 12.2. The van der Waals surface area contributed by atoms with E-state index in [1.165, 1.54) is 0 Å². The Morgan fingerprint density at radius 3 is 0.708 bits per heavy atom. The molecule has 0 aromatic heterocycles. The lowest BCUT2D eigenvalue weighted by Crippen LogP contribution is -1.60. The largest absolute Gasteiger partial charge is 0.216 e. The third-order valence-corrected chi connectivity index (χ3v) is 143. The molecule has 13 unspecified atom stereocenters. The van der Waals surface area contributed by atoms with Crippen LogP contribution in [-0.2, 0) is 0 Å². The Bertz CT molecular complexity index is 283. The molecule has 0 aliphatic carbocycles. The maximum Gasteiger partial charge on any atom is 0.148 e. The van der Waals surface area contributed by atoms with Gasteiger partial charge in [-0.1, -0.05) is 0 Å². The van der Waals surface area contributed by atoms with Gasteiger partial charge >= 0.3 is 0 Å². The summed E-state index contributed by atoms with van der Waals surface area (Å²) < 4.78 is 16.3. The van der Waals surface area contributed by atoms with Crippen LogP contribution in [0.3, 0.4) is 0 Å². The van der Waals surface area contributed by atoms with Crippen molar-refractivity contribution in [3.8, 4) is 0 Å². The topological polar surface area (TPSA) is 0 Å². The Morgan fingerprint density at radius 2 is 0.542 bits per heavy atom. The molecule has 0 saturated heterocycles. The molecular formula is H24FP23. The number of hydrogen-bond acceptors (Lipinski definition) is 0. The fourth-order valence-electron chi connectivity index (χ4n) is 1.17. The third kappa shape index (κ3) is 12.2. The summed E-state index contributed by atoms with van der Waals surface area (Å²) in [5.41, 5.74) is 0. The highest BCUT2D eigenvalue weighted by Gasteiger charge is 2.47. The van der Waals surface area contributed by atoms with Gasteiger partial charge in [-0.2, -0.15) is 0 Å². The second-order valence-corrected chi connectivity index (χ2v) is 94.3. The standard InChI is InChI=1S/FH24P23/c1-14(21(15(2)3)16(4)5)22(23(17(6)7)18(8)9)24(19(10)11)20(12)13/h2-13H2. The molecule has 0 fully saturated rings. The minimum Gasteiger partial charge on any atom is -0.216 e. The van der Waals surface area contributed by atoms with Crippen LogP contribution in [0.15, 0.2) is 0 Å². The van der Waals surface area contributed by atoms with Crippen LogP contribution in [0.4, 0.5) is 4.20 Å². The Morgan fingerprint density at radius 1 is 0.333 bits per heavy atom. The van der Waals surface area contributed by atoms with Crippen molar-refractivity contribution in [1.29, 1.82) is 0 Å². The first-order valence-electron chi connectivity index (χ1n) is 5.27. The molecule has 0 aromatic carbocycles. The van der Waals surface area contributed by atoms with E-state index in [1.807, 2.05) is 0 Å². The molecule has 0 nitrogen and oxygen atoms in total. The van der Waals surface area contributed by atoms with Crippen LogP contribution in [0.25, 0.3) is 0 Å². The van der Waals surface area contributed by atoms with E-state index in [4.69, 9.17) is 0 Å². The smallest absolute Gasteiger partial charge is 0.148 e. The van der Waals surface area contributed by atoms with Crippen molar-refractivity contribution in [3.05, 3.63) is 0 Å². The van der Waals surface area contributed by atoms with Gasteiger partial charge in [0.15, 0.2) is 0 Å². The molecule has 0 aromatic rings. The number of halogens is 1. The van der Waals surface area contributed by atoms with Gasteiger partial charge in [-0.25, -0.2) is 4.20 Å². The summed E-state index contributed by atoms with van der Waals surface area (Å²) in [5.74, 6) is 0. The maximum absolute atomic E-state index is 16.3. The Balaban J connectivity index is 6.10. The van der Waals surface area contributed by atoms with Crippen LogP contribution in [-0.4, -0.2) is 0 Å². The predicted octanol–water partition coefficient (Wildman–Crippen LogP) is 13.8. The highest BCUT2D eigenvalue weighted by Crippen LogP contribution is 3.32. The third-order valence-electron chi connectivity index (χ3n) is 1.85. The van der Waals surface area contributed by atoms with Crippen molar-refractivity contribution < 1.29 is 4.20 Å². The average molecular weight is 756 g/mol. The molecule has 0 aliphatic rings. The Labute approximate surface area is 187 Å². The second kappa shape index (κ2) is 18.1. The van der Waals surface area contributed by atoms with E-state index in [9.17, 15) is 0 Å². The van der Waals surface area contributed by atoms with Gasteiger partial charge in [-0.15, -0.1) is 107 Å². The SMILES string of the molecule is FP(P(P(P)P)P(P)P)P(P(P(P)P)P(P)P)P(P(P)P)P(P)P. The van der Waals surface area contributed by atoms with E-state index >= 15 is 4.20 Å². The highest BCUT2D eigenvalue weighted by molar-refractivity contribution is 9.35. The van der Waals surface area contributed by atoms with E-state index in [-0.39, 0.29) is 55.9 Å². The molecule has 0 radical (unpaired) electrons. The zero-order valence-corrected chi connectivity index (χ0v) is 35.9. The van der Waals surface area contributed by atoms with Crippen molar-refractivity contribution in [1.82, 2.24) is 0 Å².